The van der Waals surface area contributed by atoms with Crippen molar-refractivity contribution < 1.29 is 0 Å². The van der Waals surface area contributed by atoms with Crippen LogP contribution in [0.2, 0.25) is 0 Å². The predicted octanol–water partition coefficient (Wildman–Crippen LogP) is 2.74. The van der Waals surface area contributed by atoms with E-state index in [9.17, 15) is 0 Å². The summed E-state index contributed by atoms with van der Waals surface area (Å²) in [5.74, 6) is 0.875. The van der Waals surface area contributed by atoms with Gasteiger partial charge in [-0.15, -0.1) is 0 Å². The van der Waals surface area contributed by atoms with E-state index in [1.54, 1.807) is 0 Å². The van der Waals surface area contributed by atoms with Crippen molar-refractivity contribution in [3.63, 3.8) is 0 Å². The van der Waals surface area contributed by atoms with Crippen LogP contribution in [-0.4, -0.2) is 38.1 Å². The Hall–Kier alpha value is -0.0800. The number of nitrogens with zero attached hydrogens (tertiary/aromatic N) is 1. The van der Waals surface area contributed by atoms with Crippen LogP contribution >= 0.6 is 0 Å². The smallest absolute Gasteiger partial charge is 0.0166 e. The van der Waals surface area contributed by atoms with Crippen LogP contribution in [0.1, 0.15) is 46.5 Å². The first kappa shape index (κ1) is 14.0. The van der Waals surface area contributed by atoms with Gasteiger partial charge in [0, 0.05) is 12.1 Å². The first-order valence-corrected chi connectivity index (χ1v) is 6.70. The third-order valence-corrected chi connectivity index (χ3v) is 4.07. The minimum Gasteiger partial charge on any atom is -0.317 e. The van der Waals surface area contributed by atoms with E-state index in [1.165, 1.54) is 25.7 Å². The molecule has 1 unspecified atom stereocenters. The summed E-state index contributed by atoms with van der Waals surface area (Å²) in [7, 11) is 6.57. The normalized spacial score (nSPS) is 29.4. The summed E-state index contributed by atoms with van der Waals surface area (Å²) in [4.78, 5) is 2.43. The topological polar surface area (TPSA) is 15.3 Å². The number of hydrogen-bond acceptors (Lipinski definition) is 2. The molecule has 2 nitrogen and oxygen atoms in total. The zero-order valence-electron chi connectivity index (χ0n) is 12.0. The zero-order valence-corrected chi connectivity index (χ0v) is 12.0. The molecule has 1 fully saturated rings. The van der Waals surface area contributed by atoms with E-state index in [4.69, 9.17) is 0 Å². The summed E-state index contributed by atoms with van der Waals surface area (Å²) in [6.45, 7) is 7.13. The molecule has 1 aliphatic carbocycles. The van der Waals surface area contributed by atoms with Gasteiger partial charge >= 0.3 is 0 Å². The van der Waals surface area contributed by atoms with Gasteiger partial charge in [0.1, 0.15) is 0 Å². The van der Waals surface area contributed by atoms with E-state index in [0.29, 0.717) is 11.5 Å². The number of nitrogens with one attached hydrogen (secondary N) is 1. The molecule has 1 saturated carbocycles. The lowest BCUT2D eigenvalue weighted by atomic mass is 9.71. The van der Waals surface area contributed by atoms with E-state index >= 15 is 0 Å². The molecule has 0 aromatic heterocycles. The maximum Gasteiger partial charge on any atom is 0.0166 e. The van der Waals surface area contributed by atoms with Crippen molar-refractivity contribution in [1.82, 2.24) is 10.2 Å². The molecule has 2 heteroatoms. The third kappa shape index (κ3) is 3.46. The lowest BCUT2D eigenvalue weighted by Gasteiger charge is -2.44. The molecule has 1 aliphatic rings. The van der Waals surface area contributed by atoms with E-state index in [1.807, 2.05) is 0 Å². The first-order valence-electron chi connectivity index (χ1n) is 6.70. The molecular formula is C14H30N2. The van der Waals surface area contributed by atoms with Crippen LogP contribution in [0, 0.1) is 11.3 Å². The highest BCUT2D eigenvalue weighted by atomic mass is 15.1. The largest absolute Gasteiger partial charge is 0.317 e. The Bertz CT molecular complexity index is 197. The van der Waals surface area contributed by atoms with E-state index in [-0.39, 0.29) is 0 Å². The van der Waals surface area contributed by atoms with Gasteiger partial charge in [0.05, 0.1) is 0 Å². The minimum atomic E-state index is 0.390. The van der Waals surface area contributed by atoms with Gasteiger partial charge in [0.2, 0.25) is 0 Å². The van der Waals surface area contributed by atoms with Crippen molar-refractivity contribution in [2.75, 3.05) is 21.1 Å². The molecule has 1 atom stereocenters. The maximum absolute atomic E-state index is 3.42. The Morgan fingerprint density at radius 2 is 1.56 bits per heavy atom. The monoisotopic (exact) mass is 226 g/mol. The van der Waals surface area contributed by atoms with E-state index in [2.05, 4.69) is 52.1 Å². The van der Waals surface area contributed by atoms with Crippen molar-refractivity contribution in [1.29, 1.82) is 0 Å². The summed E-state index contributed by atoms with van der Waals surface area (Å²) in [5.41, 5.74) is 0.390. The molecule has 0 heterocycles. The summed E-state index contributed by atoms with van der Waals surface area (Å²) >= 11 is 0. The second-order valence-electron chi connectivity index (χ2n) is 6.67. The molecule has 0 spiro atoms. The summed E-state index contributed by atoms with van der Waals surface area (Å²) in [6, 6.07) is 1.48. The van der Waals surface area contributed by atoms with Crippen molar-refractivity contribution in [2.24, 2.45) is 11.3 Å². The van der Waals surface area contributed by atoms with Crippen LogP contribution in [0.25, 0.3) is 0 Å². The third-order valence-electron chi connectivity index (χ3n) is 4.07. The zero-order chi connectivity index (χ0) is 12.3. The summed E-state index contributed by atoms with van der Waals surface area (Å²) in [6.07, 6.45) is 5.46. The fourth-order valence-corrected chi connectivity index (χ4v) is 3.63. The Kier molecular flexibility index (Phi) is 4.81. The van der Waals surface area contributed by atoms with E-state index in [0.717, 1.165) is 12.0 Å². The molecule has 0 radical (unpaired) electrons. The van der Waals surface area contributed by atoms with Gasteiger partial charge in [-0.2, -0.15) is 0 Å². The van der Waals surface area contributed by atoms with Crippen molar-refractivity contribution in [2.45, 2.75) is 58.5 Å². The highest BCUT2D eigenvalue weighted by Crippen LogP contribution is 2.37. The lowest BCUT2D eigenvalue weighted by Crippen LogP contribution is -2.47. The Morgan fingerprint density at radius 1 is 1.06 bits per heavy atom. The molecule has 16 heavy (non-hydrogen) atoms. The minimum absolute atomic E-state index is 0.390. The van der Waals surface area contributed by atoms with Gasteiger partial charge < -0.3 is 10.2 Å². The molecule has 0 amide bonds. The molecule has 0 bridgehead atoms. The molecule has 96 valence electrons. The van der Waals surface area contributed by atoms with Crippen LogP contribution < -0.4 is 5.32 Å². The van der Waals surface area contributed by atoms with Crippen LogP contribution in [0.5, 0.6) is 0 Å². The molecule has 0 saturated heterocycles. The molecule has 1 N–H and O–H groups in total. The highest BCUT2D eigenvalue weighted by molar-refractivity contribution is 4.90. The second-order valence-corrected chi connectivity index (χ2v) is 6.67. The number of hydrogen-bond donors (Lipinski definition) is 1. The van der Waals surface area contributed by atoms with E-state index < -0.39 is 0 Å². The van der Waals surface area contributed by atoms with Crippen molar-refractivity contribution >= 4 is 0 Å². The van der Waals surface area contributed by atoms with Crippen LogP contribution in [0.4, 0.5) is 0 Å². The summed E-state index contributed by atoms with van der Waals surface area (Å²) < 4.78 is 0. The molecule has 0 aromatic rings. The van der Waals surface area contributed by atoms with Crippen molar-refractivity contribution in [3.05, 3.63) is 0 Å². The van der Waals surface area contributed by atoms with Gasteiger partial charge in [-0.25, -0.2) is 0 Å². The SMILES string of the molecule is CNC1CCC(C(N(C)C)C(C)(C)C)CC1. The standard InChI is InChI=1S/C14H30N2/c1-14(2,3)13(16(5)6)11-7-9-12(15-4)10-8-11/h11-13,15H,7-10H2,1-6H3. The van der Waals surface area contributed by atoms with Crippen LogP contribution in [-0.2, 0) is 0 Å². The van der Waals surface area contributed by atoms with Gasteiger partial charge in [0.25, 0.3) is 0 Å². The van der Waals surface area contributed by atoms with Gasteiger partial charge in [-0.1, -0.05) is 20.8 Å². The maximum atomic E-state index is 3.42. The fraction of sp³-hybridized carbons (Fsp3) is 1.00. The Morgan fingerprint density at radius 3 is 1.88 bits per heavy atom. The average molecular weight is 226 g/mol. The Balaban J connectivity index is 2.61. The Labute approximate surface area is 102 Å². The average Bonchev–Trinajstić information content (AvgIpc) is 2.16. The highest BCUT2D eigenvalue weighted by Gasteiger charge is 2.35. The van der Waals surface area contributed by atoms with Gasteiger partial charge in [-0.05, 0) is 58.2 Å². The lowest BCUT2D eigenvalue weighted by molar-refractivity contribution is 0.0675. The van der Waals surface area contributed by atoms with Crippen molar-refractivity contribution in [3.8, 4) is 0 Å². The fourth-order valence-electron chi connectivity index (χ4n) is 3.63. The molecule has 1 rings (SSSR count). The van der Waals surface area contributed by atoms with Gasteiger partial charge in [0.15, 0.2) is 0 Å². The second kappa shape index (κ2) is 5.50. The van der Waals surface area contributed by atoms with Crippen LogP contribution in [0.15, 0.2) is 0 Å². The predicted molar refractivity (Wildman–Crippen MR) is 71.7 cm³/mol. The van der Waals surface area contributed by atoms with Gasteiger partial charge in [-0.3, -0.25) is 0 Å². The first-order chi connectivity index (χ1) is 7.36. The quantitative estimate of drug-likeness (QED) is 0.796. The number of rotatable bonds is 3. The van der Waals surface area contributed by atoms with Crippen LogP contribution in [0.3, 0.4) is 0 Å². The summed E-state index contributed by atoms with van der Waals surface area (Å²) in [5, 5.41) is 3.42. The molecule has 0 aliphatic heterocycles. The molecule has 0 aromatic carbocycles. The molecular weight excluding hydrogens is 196 g/mol.